The van der Waals surface area contributed by atoms with Gasteiger partial charge in [0, 0.05) is 5.39 Å². The lowest BCUT2D eigenvalue weighted by molar-refractivity contribution is -0.263. The Bertz CT molecular complexity index is 925. The van der Waals surface area contributed by atoms with Crippen LogP contribution in [0.15, 0.2) is 60.7 Å². The molecule has 6 heteroatoms. The van der Waals surface area contributed by atoms with Gasteiger partial charge in [-0.3, -0.25) is 0 Å². The van der Waals surface area contributed by atoms with E-state index in [1.54, 1.807) is 24.3 Å². The van der Waals surface area contributed by atoms with Crippen molar-refractivity contribution in [2.75, 3.05) is 0 Å². The van der Waals surface area contributed by atoms with Crippen LogP contribution in [0, 0.1) is 0 Å². The predicted molar refractivity (Wildman–Crippen MR) is 102 cm³/mol. The quantitative estimate of drug-likeness (QED) is 0.584. The number of halogens is 3. The molecular formula is C22H22F3NO2. The molecule has 28 heavy (non-hydrogen) atoms. The minimum absolute atomic E-state index is 0.135. The number of nitrogens with zero attached hydrogens (tertiary/aromatic N) is 1. The molecule has 3 rings (SSSR count). The molecule has 3 aromatic rings. The topological polar surface area (TPSA) is 42.4 Å². The molecule has 0 amide bonds. The summed E-state index contributed by atoms with van der Waals surface area (Å²) < 4.78 is 44.6. The fourth-order valence-electron chi connectivity index (χ4n) is 2.97. The van der Waals surface area contributed by atoms with E-state index in [2.05, 4.69) is 4.98 Å². The van der Waals surface area contributed by atoms with E-state index in [4.69, 9.17) is 4.74 Å². The summed E-state index contributed by atoms with van der Waals surface area (Å²) in [5.41, 5.74) is -0.246. The third kappa shape index (κ3) is 4.62. The minimum Gasteiger partial charge on any atom is -0.487 e. The fourth-order valence-corrected chi connectivity index (χ4v) is 2.97. The van der Waals surface area contributed by atoms with Crippen molar-refractivity contribution in [1.82, 2.24) is 4.98 Å². The summed E-state index contributed by atoms with van der Waals surface area (Å²) in [7, 11) is 0. The Kier molecular flexibility index (Phi) is 5.89. The molecule has 1 heterocycles. The van der Waals surface area contributed by atoms with Gasteiger partial charge in [0.25, 0.3) is 0 Å². The summed E-state index contributed by atoms with van der Waals surface area (Å²) in [6.45, 7) is 1.64. The number of benzene rings is 2. The van der Waals surface area contributed by atoms with Gasteiger partial charge >= 0.3 is 6.18 Å². The molecule has 1 atom stereocenters. The van der Waals surface area contributed by atoms with Crippen LogP contribution >= 0.6 is 0 Å². The molecular weight excluding hydrogens is 367 g/mol. The van der Waals surface area contributed by atoms with E-state index >= 15 is 0 Å². The van der Waals surface area contributed by atoms with Gasteiger partial charge in [0.15, 0.2) is 5.60 Å². The van der Waals surface area contributed by atoms with Crippen LogP contribution in [0.2, 0.25) is 0 Å². The maximum absolute atomic E-state index is 13.0. The monoisotopic (exact) mass is 389 g/mol. The van der Waals surface area contributed by atoms with Crippen molar-refractivity contribution in [2.24, 2.45) is 0 Å². The first-order valence-electron chi connectivity index (χ1n) is 9.16. The van der Waals surface area contributed by atoms with Crippen molar-refractivity contribution in [1.29, 1.82) is 0 Å². The molecule has 0 fully saturated rings. The zero-order valence-electron chi connectivity index (χ0n) is 15.5. The molecule has 0 aliphatic rings. The summed E-state index contributed by atoms with van der Waals surface area (Å²) in [4.78, 5) is 4.54. The summed E-state index contributed by atoms with van der Waals surface area (Å²) in [6, 6.07) is 18.6. The number of para-hydroxylation sites is 1. The van der Waals surface area contributed by atoms with Gasteiger partial charge in [-0.05, 0) is 49.1 Å². The molecule has 2 aromatic carbocycles. The summed E-state index contributed by atoms with van der Waals surface area (Å²) in [5, 5.41) is 10.9. The first kappa shape index (κ1) is 20.1. The van der Waals surface area contributed by atoms with E-state index in [9.17, 15) is 18.3 Å². The van der Waals surface area contributed by atoms with Gasteiger partial charge in [-0.25, -0.2) is 4.98 Å². The second kappa shape index (κ2) is 8.19. The number of hydrogen-bond acceptors (Lipinski definition) is 3. The molecule has 0 spiro atoms. The van der Waals surface area contributed by atoms with E-state index in [1.807, 2.05) is 36.4 Å². The number of hydrogen-bond donors (Lipinski definition) is 1. The lowest BCUT2D eigenvalue weighted by atomic mass is 9.92. The van der Waals surface area contributed by atoms with E-state index in [1.165, 1.54) is 6.92 Å². The first-order valence-corrected chi connectivity index (χ1v) is 9.16. The maximum atomic E-state index is 13.0. The Balaban J connectivity index is 1.58. The minimum atomic E-state index is -4.63. The lowest BCUT2D eigenvalue weighted by Crippen LogP contribution is -2.44. The van der Waals surface area contributed by atoms with Crippen LogP contribution in [-0.2, 0) is 13.0 Å². The molecule has 0 saturated heterocycles. The van der Waals surface area contributed by atoms with Crippen LogP contribution in [-0.4, -0.2) is 21.9 Å². The number of aromatic nitrogens is 1. The molecule has 1 N–H and O–H groups in total. The number of aryl methyl sites for hydroxylation is 1. The van der Waals surface area contributed by atoms with Crippen molar-refractivity contribution >= 4 is 10.9 Å². The second-order valence-electron chi connectivity index (χ2n) is 6.81. The molecule has 0 bridgehead atoms. The molecule has 0 saturated carbocycles. The molecule has 148 valence electrons. The molecule has 0 aliphatic carbocycles. The number of fused-ring (bicyclic) bond motifs is 1. The lowest BCUT2D eigenvalue weighted by Gasteiger charge is -2.29. The Morgan fingerprint density at radius 1 is 0.964 bits per heavy atom. The molecule has 3 nitrogen and oxygen atoms in total. The Morgan fingerprint density at radius 3 is 2.36 bits per heavy atom. The van der Waals surface area contributed by atoms with Crippen LogP contribution in [0.4, 0.5) is 13.2 Å². The number of alkyl halides is 3. The second-order valence-corrected chi connectivity index (χ2v) is 6.81. The Labute approximate surface area is 161 Å². The van der Waals surface area contributed by atoms with Gasteiger partial charge in [-0.15, -0.1) is 0 Å². The summed E-state index contributed by atoms with van der Waals surface area (Å²) in [6.07, 6.45) is -5.22. The van der Waals surface area contributed by atoms with Crippen molar-refractivity contribution in [3.63, 3.8) is 0 Å². The van der Waals surface area contributed by atoms with Crippen LogP contribution in [0.25, 0.3) is 10.9 Å². The van der Waals surface area contributed by atoms with Crippen molar-refractivity contribution in [2.45, 2.75) is 44.6 Å². The predicted octanol–water partition coefficient (Wildman–Crippen LogP) is 5.45. The Hall–Kier alpha value is -2.60. The third-order valence-electron chi connectivity index (χ3n) is 4.91. The SMILES string of the molecule is CCC(O)(CCc1ccc(OCc2ccc3ccccc3n2)cc1)C(F)(F)F. The molecule has 0 aliphatic heterocycles. The van der Waals surface area contributed by atoms with Crippen LogP contribution in [0.5, 0.6) is 5.75 Å². The van der Waals surface area contributed by atoms with Crippen LogP contribution < -0.4 is 4.74 Å². The van der Waals surface area contributed by atoms with E-state index in [0.717, 1.165) is 16.6 Å². The van der Waals surface area contributed by atoms with Crippen LogP contribution in [0.1, 0.15) is 31.0 Å². The highest BCUT2D eigenvalue weighted by atomic mass is 19.4. The molecule has 0 radical (unpaired) electrons. The van der Waals surface area contributed by atoms with Gasteiger partial charge in [0.05, 0.1) is 11.2 Å². The molecule has 1 unspecified atom stereocenters. The van der Waals surface area contributed by atoms with Crippen molar-refractivity contribution in [3.05, 3.63) is 71.9 Å². The zero-order valence-corrected chi connectivity index (χ0v) is 15.5. The number of rotatable bonds is 7. The largest absolute Gasteiger partial charge is 0.487 e. The average Bonchev–Trinajstić information content (AvgIpc) is 2.70. The fraction of sp³-hybridized carbons (Fsp3) is 0.318. The number of ether oxygens (including phenoxy) is 1. The zero-order chi connectivity index (χ0) is 20.2. The molecule has 1 aromatic heterocycles. The van der Waals surface area contributed by atoms with Crippen molar-refractivity contribution in [3.8, 4) is 5.75 Å². The normalized spacial score (nSPS) is 14.0. The maximum Gasteiger partial charge on any atom is 0.417 e. The van der Waals surface area contributed by atoms with Gasteiger partial charge < -0.3 is 9.84 Å². The average molecular weight is 389 g/mol. The standard InChI is InChI=1S/C22H22F3NO2/c1-2-21(27,22(23,24)25)14-13-16-7-11-19(12-8-16)28-15-18-10-9-17-5-3-4-6-20(17)26-18/h3-12,27H,2,13-15H2,1H3. The van der Waals surface area contributed by atoms with E-state index in [-0.39, 0.29) is 19.3 Å². The van der Waals surface area contributed by atoms with Crippen LogP contribution in [0.3, 0.4) is 0 Å². The van der Waals surface area contributed by atoms with E-state index < -0.39 is 11.8 Å². The van der Waals surface area contributed by atoms with Gasteiger partial charge in [-0.2, -0.15) is 13.2 Å². The summed E-state index contributed by atoms with van der Waals surface area (Å²) >= 11 is 0. The summed E-state index contributed by atoms with van der Waals surface area (Å²) in [5.74, 6) is 0.611. The van der Waals surface area contributed by atoms with Gasteiger partial charge in [-0.1, -0.05) is 43.3 Å². The van der Waals surface area contributed by atoms with E-state index in [0.29, 0.717) is 17.9 Å². The number of pyridine rings is 1. The Morgan fingerprint density at radius 2 is 1.68 bits per heavy atom. The smallest absolute Gasteiger partial charge is 0.417 e. The first-order chi connectivity index (χ1) is 13.3. The highest BCUT2D eigenvalue weighted by Gasteiger charge is 2.51. The van der Waals surface area contributed by atoms with Crippen molar-refractivity contribution < 1.29 is 23.0 Å². The number of aliphatic hydroxyl groups is 1. The highest BCUT2D eigenvalue weighted by Crippen LogP contribution is 2.36. The highest BCUT2D eigenvalue weighted by molar-refractivity contribution is 5.78. The van der Waals surface area contributed by atoms with Gasteiger partial charge in [0.1, 0.15) is 12.4 Å². The third-order valence-corrected chi connectivity index (χ3v) is 4.91. The van der Waals surface area contributed by atoms with Gasteiger partial charge in [0.2, 0.25) is 0 Å².